The van der Waals surface area contributed by atoms with Crippen molar-refractivity contribution in [1.82, 2.24) is 10.3 Å². The van der Waals surface area contributed by atoms with Crippen molar-refractivity contribution in [2.45, 2.75) is 20.0 Å². The molecule has 1 atom stereocenters. The van der Waals surface area contributed by atoms with Crippen LogP contribution in [-0.4, -0.2) is 29.0 Å². The SMILES string of the molecule is CC(C)[C@@H](OC(=O)c1ccc2ncsc2c1)C(=O)NC(N)=O. The Kier molecular flexibility index (Phi) is 4.71. The van der Waals surface area contributed by atoms with Crippen LogP contribution in [0.25, 0.3) is 10.2 Å². The molecule has 1 heterocycles. The lowest BCUT2D eigenvalue weighted by molar-refractivity contribution is -0.130. The number of amides is 3. The number of benzene rings is 1. The number of primary amides is 1. The molecule has 2 aromatic rings. The van der Waals surface area contributed by atoms with Gasteiger partial charge in [-0.1, -0.05) is 13.8 Å². The highest BCUT2D eigenvalue weighted by Crippen LogP contribution is 2.20. The molecule has 0 radical (unpaired) electrons. The van der Waals surface area contributed by atoms with E-state index in [4.69, 9.17) is 10.5 Å². The van der Waals surface area contributed by atoms with Gasteiger partial charge in [-0.05, 0) is 24.1 Å². The summed E-state index contributed by atoms with van der Waals surface area (Å²) >= 11 is 1.40. The third-order valence-electron chi connectivity index (χ3n) is 2.91. The van der Waals surface area contributed by atoms with Gasteiger partial charge in [0.2, 0.25) is 0 Å². The molecule has 1 aromatic heterocycles. The second-order valence-electron chi connectivity index (χ2n) is 4.96. The topological polar surface area (TPSA) is 111 Å². The molecule has 0 aliphatic heterocycles. The molecule has 0 aliphatic carbocycles. The normalized spacial score (nSPS) is 12.1. The van der Waals surface area contributed by atoms with Crippen LogP contribution in [0.3, 0.4) is 0 Å². The van der Waals surface area contributed by atoms with E-state index in [1.54, 1.807) is 37.6 Å². The molecule has 0 saturated heterocycles. The highest BCUT2D eigenvalue weighted by molar-refractivity contribution is 7.16. The van der Waals surface area contributed by atoms with E-state index in [0.717, 1.165) is 10.2 Å². The van der Waals surface area contributed by atoms with Crippen molar-refractivity contribution in [3.63, 3.8) is 0 Å². The van der Waals surface area contributed by atoms with Crippen molar-refractivity contribution in [1.29, 1.82) is 0 Å². The Morgan fingerprint density at radius 1 is 1.32 bits per heavy atom. The molecule has 0 bridgehead atoms. The van der Waals surface area contributed by atoms with Gasteiger partial charge in [0.15, 0.2) is 6.10 Å². The fourth-order valence-electron chi connectivity index (χ4n) is 1.85. The zero-order valence-corrected chi connectivity index (χ0v) is 12.8. The first kappa shape index (κ1) is 15.9. The van der Waals surface area contributed by atoms with E-state index < -0.39 is 24.0 Å². The van der Waals surface area contributed by atoms with Gasteiger partial charge in [-0.2, -0.15) is 0 Å². The number of imide groups is 1. The molecule has 116 valence electrons. The van der Waals surface area contributed by atoms with Gasteiger partial charge >= 0.3 is 12.0 Å². The number of fused-ring (bicyclic) bond motifs is 1. The van der Waals surface area contributed by atoms with Crippen LogP contribution in [0.5, 0.6) is 0 Å². The van der Waals surface area contributed by atoms with Crippen LogP contribution >= 0.6 is 11.3 Å². The van der Waals surface area contributed by atoms with Gasteiger partial charge in [-0.3, -0.25) is 10.1 Å². The molecular weight excluding hydrogens is 306 g/mol. The number of nitrogens with one attached hydrogen (secondary N) is 1. The van der Waals surface area contributed by atoms with Gasteiger partial charge in [-0.25, -0.2) is 14.6 Å². The monoisotopic (exact) mass is 321 g/mol. The van der Waals surface area contributed by atoms with Crippen molar-refractivity contribution in [2.24, 2.45) is 11.7 Å². The van der Waals surface area contributed by atoms with Crippen LogP contribution in [0, 0.1) is 5.92 Å². The molecule has 0 unspecified atom stereocenters. The molecule has 2 rings (SSSR count). The zero-order chi connectivity index (χ0) is 16.3. The fraction of sp³-hybridized carbons (Fsp3) is 0.286. The van der Waals surface area contributed by atoms with Gasteiger partial charge in [-0.15, -0.1) is 11.3 Å². The number of hydrogen-bond donors (Lipinski definition) is 2. The molecule has 7 nitrogen and oxygen atoms in total. The number of nitrogens with two attached hydrogens (primary N) is 1. The number of ether oxygens (including phenoxy) is 1. The maximum atomic E-state index is 12.2. The van der Waals surface area contributed by atoms with Gasteiger partial charge in [0.05, 0.1) is 21.3 Å². The summed E-state index contributed by atoms with van der Waals surface area (Å²) in [6.07, 6.45) is -1.10. The van der Waals surface area contributed by atoms with Crippen LogP contribution in [0.2, 0.25) is 0 Å². The second-order valence-corrected chi connectivity index (χ2v) is 5.84. The summed E-state index contributed by atoms with van der Waals surface area (Å²) in [5.74, 6) is -1.70. The Balaban J connectivity index is 2.16. The first-order valence-electron chi connectivity index (χ1n) is 6.53. The smallest absolute Gasteiger partial charge is 0.338 e. The summed E-state index contributed by atoms with van der Waals surface area (Å²) in [5, 5.41) is 1.92. The van der Waals surface area contributed by atoms with E-state index in [-0.39, 0.29) is 5.92 Å². The molecule has 0 spiro atoms. The minimum atomic E-state index is -1.10. The van der Waals surface area contributed by atoms with Gasteiger partial charge in [0.1, 0.15) is 0 Å². The Morgan fingerprint density at radius 2 is 2.05 bits per heavy atom. The Labute approximate surface area is 130 Å². The molecule has 3 N–H and O–H groups in total. The van der Waals surface area contributed by atoms with E-state index in [1.807, 2.05) is 5.32 Å². The number of carbonyl (C=O) groups excluding carboxylic acids is 3. The molecule has 8 heteroatoms. The number of rotatable bonds is 4. The minimum absolute atomic E-state index is 0.310. The predicted molar refractivity (Wildman–Crippen MR) is 81.4 cm³/mol. The van der Waals surface area contributed by atoms with Gasteiger partial charge in [0, 0.05) is 0 Å². The summed E-state index contributed by atoms with van der Waals surface area (Å²) in [6, 6.07) is 3.95. The Hall–Kier alpha value is -2.48. The molecule has 0 aliphatic rings. The summed E-state index contributed by atoms with van der Waals surface area (Å²) in [5.41, 5.74) is 7.68. The number of thiazole rings is 1. The fourth-order valence-corrected chi connectivity index (χ4v) is 2.57. The lowest BCUT2D eigenvalue weighted by Gasteiger charge is -2.19. The van der Waals surface area contributed by atoms with Crippen LogP contribution in [0.1, 0.15) is 24.2 Å². The van der Waals surface area contributed by atoms with Crippen LogP contribution in [0.4, 0.5) is 4.79 Å². The molecule has 3 amide bonds. The van der Waals surface area contributed by atoms with E-state index in [0.29, 0.717) is 5.56 Å². The summed E-state index contributed by atoms with van der Waals surface area (Å²) < 4.78 is 6.06. The molecule has 0 fully saturated rings. The largest absolute Gasteiger partial charge is 0.448 e. The number of carbonyl (C=O) groups is 3. The van der Waals surface area contributed by atoms with E-state index in [1.165, 1.54) is 11.3 Å². The Morgan fingerprint density at radius 3 is 2.68 bits per heavy atom. The number of aromatic nitrogens is 1. The van der Waals surface area contributed by atoms with Crippen molar-refractivity contribution in [3.8, 4) is 0 Å². The Bertz CT molecular complexity index is 726. The average molecular weight is 321 g/mol. The number of nitrogens with zero attached hydrogens (tertiary/aromatic N) is 1. The maximum absolute atomic E-state index is 12.2. The van der Waals surface area contributed by atoms with Crippen molar-refractivity contribution in [3.05, 3.63) is 29.3 Å². The van der Waals surface area contributed by atoms with Gasteiger partial charge < -0.3 is 10.5 Å². The minimum Gasteiger partial charge on any atom is -0.448 e. The zero-order valence-electron chi connectivity index (χ0n) is 12.0. The third kappa shape index (κ3) is 3.59. The molecule has 1 aromatic carbocycles. The maximum Gasteiger partial charge on any atom is 0.338 e. The van der Waals surface area contributed by atoms with Crippen LogP contribution in [-0.2, 0) is 9.53 Å². The second kappa shape index (κ2) is 6.52. The van der Waals surface area contributed by atoms with Crippen LogP contribution in [0.15, 0.2) is 23.7 Å². The van der Waals surface area contributed by atoms with Crippen LogP contribution < -0.4 is 11.1 Å². The average Bonchev–Trinajstić information content (AvgIpc) is 2.90. The van der Waals surface area contributed by atoms with Crippen molar-refractivity contribution < 1.29 is 19.1 Å². The summed E-state index contributed by atoms with van der Waals surface area (Å²) in [7, 11) is 0. The first-order chi connectivity index (χ1) is 10.4. The molecule has 22 heavy (non-hydrogen) atoms. The molecule has 0 saturated carbocycles. The summed E-state index contributed by atoms with van der Waals surface area (Å²) in [4.78, 5) is 38.9. The van der Waals surface area contributed by atoms with Crippen molar-refractivity contribution >= 4 is 39.5 Å². The number of urea groups is 1. The number of esters is 1. The van der Waals surface area contributed by atoms with E-state index >= 15 is 0 Å². The quantitative estimate of drug-likeness (QED) is 0.832. The number of hydrogen-bond acceptors (Lipinski definition) is 6. The highest BCUT2D eigenvalue weighted by Gasteiger charge is 2.28. The lowest BCUT2D eigenvalue weighted by atomic mass is 10.1. The lowest BCUT2D eigenvalue weighted by Crippen LogP contribution is -2.45. The standard InChI is InChI=1S/C14H15N3O4S/c1-7(2)11(12(18)17-14(15)20)21-13(19)8-3-4-9-10(5-8)22-6-16-9/h3-7,11H,1-2H3,(H3,15,17,18,20)/t11-/m1/s1. The predicted octanol–water partition coefficient (Wildman–Crippen LogP) is 1.67. The van der Waals surface area contributed by atoms with Crippen molar-refractivity contribution in [2.75, 3.05) is 0 Å². The highest BCUT2D eigenvalue weighted by atomic mass is 32.1. The first-order valence-corrected chi connectivity index (χ1v) is 7.41. The third-order valence-corrected chi connectivity index (χ3v) is 3.70. The van der Waals surface area contributed by atoms with E-state index in [2.05, 4.69) is 4.98 Å². The molecular formula is C14H15N3O4S. The van der Waals surface area contributed by atoms with Gasteiger partial charge in [0.25, 0.3) is 5.91 Å². The summed E-state index contributed by atoms with van der Waals surface area (Å²) in [6.45, 7) is 3.40. The van der Waals surface area contributed by atoms with E-state index in [9.17, 15) is 14.4 Å².